The summed E-state index contributed by atoms with van der Waals surface area (Å²) in [5, 5.41) is 5.33. The van der Waals surface area contributed by atoms with Gasteiger partial charge in [0.2, 0.25) is 5.78 Å². The van der Waals surface area contributed by atoms with Crippen molar-refractivity contribution in [2.24, 2.45) is 0 Å². The number of aromatic nitrogens is 3. The Kier molecular flexibility index (Phi) is 3.21. The van der Waals surface area contributed by atoms with E-state index in [0.29, 0.717) is 23.6 Å². The molecular weight excluding hydrogens is 226 g/mol. The van der Waals surface area contributed by atoms with Crippen molar-refractivity contribution in [1.29, 1.82) is 0 Å². The average Bonchev–Trinajstić information content (AvgIpc) is 2.82. The zero-order valence-electron chi connectivity index (χ0n) is 8.58. The van der Waals surface area contributed by atoms with E-state index in [0.717, 1.165) is 11.5 Å². The molecule has 2 aromatic heterocycles. The molecule has 0 saturated carbocycles. The van der Waals surface area contributed by atoms with E-state index in [1.807, 2.05) is 6.92 Å². The molecule has 6 heteroatoms. The Balaban J connectivity index is 2.27. The Hall–Kier alpha value is -1.82. The largest absolute Gasteiger partial charge is 0.492 e. The molecule has 82 valence electrons. The molecule has 0 radical (unpaired) electrons. The van der Waals surface area contributed by atoms with Crippen molar-refractivity contribution in [3.8, 4) is 5.75 Å². The lowest BCUT2D eigenvalue weighted by Gasteiger charge is -2.03. The highest BCUT2D eigenvalue weighted by atomic mass is 32.1. The number of hydrogen-bond donors (Lipinski definition) is 0. The molecule has 0 bridgehead atoms. The lowest BCUT2D eigenvalue weighted by molar-refractivity contribution is 0.103. The van der Waals surface area contributed by atoms with E-state index < -0.39 is 0 Å². The van der Waals surface area contributed by atoms with E-state index in [2.05, 4.69) is 14.6 Å². The van der Waals surface area contributed by atoms with Crippen molar-refractivity contribution in [2.45, 2.75) is 6.92 Å². The quantitative estimate of drug-likeness (QED) is 0.752. The van der Waals surface area contributed by atoms with Crippen LogP contribution in [-0.4, -0.2) is 27.0 Å². The number of nitrogens with zero attached hydrogens (tertiary/aromatic N) is 3. The van der Waals surface area contributed by atoms with Crippen LogP contribution in [0.2, 0.25) is 0 Å². The van der Waals surface area contributed by atoms with Gasteiger partial charge < -0.3 is 4.74 Å². The normalized spacial score (nSPS) is 10.1. The molecule has 5 nitrogen and oxygen atoms in total. The van der Waals surface area contributed by atoms with Crippen molar-refractivity contribution in [1.82, 2.24) is 14.6 Å². The van der Waals surface area contributed by atoms with Gasteiger partial charge in [-0.1, -0.05) is 4.49 Å². The third-order valence-corrected chi connectivity index (χ3v) is 2.38. The van der Waals surface area contributed by atoms with Crippen LogP contribution in [0.25, 0.3) is 0 Å². The lowest BCUT2D eigenvalue weighted by Crippen LogP contribution is -2.03. The second-order valence-electron chi connectivity index (χ2n) is 2.96. The number of hydrogen-bond acceptors (Lipinski definition) is 6. The molecule has 0 aliphatic rings. The Morgan fingerprint density at radius 2 is 2.38 bits per heavy atom. The molecule has 2 rings (SSSR count). The second kappa shape index (κ2) is 4.80. The summed E-state index contributed by atoms with van der Waals surface area (Å²) in [7, 11) is 0. The first-order valence-electron chi connectivity index (χ1n) is 4.71. The molecule has 16 heavy (non-hydrogen) atoms. The third-order valence-electron chi connectivity index (χ3n) is 1.88. The fourth-order valence-corrected chi connectivity index (χ4v) is 1.64. The van der Waals surface area contributed by atoms with Gasteiger partial charge in [0.25, 0.3) is 0 Å². The second-order valence-corrected chi connectivity index (χ2v) is 3.57. The first kappa shape index (κ1) is 10.7. The van der Waals surface area contributed by atoms with Crippen LogP contribution in [0.4, 0.5) is 0 Å². The van der Waals surface area contributed by atoms with E-state index in [1.54, 1.807) is 17.6 Å². The Morgan fingerprint density at radius 1 is 1.50 bits per heavy atom. The summed E-state index contributed by atoms with van der Waals surface area (Å²) in [6, 6.07) is 1.65. The molecule has 0 spiro atoms. The lowest BCUT2D eigenvalue weighted by atomic mass is 10.1. The number of pyridine rings is 1. The highest BCUT2D eigenvalue weighted by Crippen LogP contribution is 2.14. The fraction of sp³-hybridized carbons (Fsp3) is 0.200. The Labute approximate surface area is 96.3 Å². The number of carbonyl (C=O) groups excluding carboxylic acids is 1. The van der Waals surface area contributed by atoms with Crippen LogP contribution in [0.15, 0.2) is 23.8 Å². The van der Waals surface area contributed by atoms with Gasteiger partial charge in [0.05, 0.1) is 12.8 Å². The van der Waals surface area contributed by atoms with Crippen molar-refractivity contribution >= 4 is 17.3 Å². The van der Waals surface area contributed by atoms with Gasteiger partial charge in [0, 0.05) is 17.1 Å². The summed E-state index contributed by atoms with van der Waals surface area (Å²) < 4.78 is 8.91. The van der Waals surface area contributed by atoms with Crippen molar-refractivity contribution in [3.05, 3.63) is 35.1 Å². The number of carbonyl (C=O) groups is 1. The number of rotatable bonds is 4. The molecule has 0 saturated heterocycles. The Bertz CT molecular complexity index is 485. The number of ether oxygens (including phenoxy) is 1. The first-order valence-corrected chi connectivity index (χ1v) is 5.54. The molecule has 0 amide bonds. The van der Waals surface area contributed by atoms with E-state index in [9.17, 15) is 4.79 Å². The third kappa shape index (κ3) is 2.22. The molecule has 0 N–H and O–H groups in total. The van der Waals surface area contributed by atoms with Gasteiger partial charge >= 0.3 is 0 Å². The maximum atomic E-state index is 11.9. The van der Waals surface area contributed by atoms with Crippen molar-refractivity contribution in [3.63, 3.8) is 0 Å². The summed E-state index contributed by atoms with van der Waals surface area (Å²) in [5.74, 6) is 0.388. The predicted molar refractivity (Wildman–Crippen MR) is 58.7 cm³/mol. The van der Waals surface area contributed by atoms with Crippen LogP contribution in [0.3, 0.4) is 0 Å². The topological polar surface area (TPSA) is 65.0 Å². The van der Waals surface area contributed by atoms with Crippen LogP contribution < -0.4 is 4.74 Å². The molecule has 0 aliphatic carbocycles. The molecule has 0 aliphatic heterocycles. The zero-order valence-corrected chi connectivity index (χ0v) is 9.40. The van der Waals surface area contributed by atoms with Crippen LogP contribution in [-0.2, 0) is 0 Å². The van der Waals surface area contributed by atoms with Gasteiger partial charge in [0.15, 0.2) is 0 Å². The standard InChI is InChI=1S/C10H9N3O2S/c1-2-15-8-3-7(4-11-5-8)10(14)9-6-16-13-12-9/h3-6H,2H2,1H3. The Morgan fingerprint density at radius 3 is 3.06 bits per heavy atom. The summed E-state index contributed by atoms with van der Waals surface area (Å²) in [6.07, 6.45) is 3.06. The highest BCUT2D eigenvalue weighted by molar-refractivity contribution is 7.03. The molecule has 0 fully saturated rings. The molecule has 2 heterocycles. The summed E-state index contributed by atoms with van der Waals surface area (Å²) in [4.78, 5) is 15.8. The maximum absolute atomic E-state index is 11.9. The maximum Gasteiger partial charge on any atom is 0.215 e. The monoisotopic (exact) mass is 235 g/mol. The average molecular weight is 235 g/mol. The minimum absolute atomic E-state index is 0.192. The van der Waals surface area contributed by atoms with E-state index in [-0.39, 0.29) is 5.78 Å². The van der Waals surface area contributed by atoms with Crippen LogP contribution in [0, 0.1) is 0 Å². The SMILES string of the molecule is CCOc1cncc(C(=O)c2csnn2)c1. The van der Waals surface area contributed by atoms with E-state index >= 15 is 0 Å². The van der Waals surface area contributed by atoms with Gasteiger partial charge in [-0.15, -0.1) is 5.10 Å². The van der Waals surface area contributed by atoms with Gasteiger partial charge in [-0.3, -0.25) is 9.78 Å². The molecule has 0 atom stereocenters. The molecule has 0 aromatic carbocycles. The van der Waals surface area contributed by atoms with Crippen molar-refractivity contribution < 1.29 is 9.53 Å². The number of ketones is 1. The highest BCUT2D eigenvalue weighted by Gasteiger charge is 2.12. The van der Waals surface area contributed by atoms with Gasteiger partial charge in [0.1, 0.15) is 11.4 Å². The zero-order chi connectivity index (χ0) is 11.4. The van der Waals surface area contributed by atoms with Crippen LogP contribution in [0.5, 0.6) is 5.75 Å². The minimum atomic E-state index is -0.192. The summed E-state index contributed by atoms with van der Waals surface area (Å²) in [6.45, 7) is 2.41. The van der Waals surface area contributed by atoms with E-state index in [4.69, 9.17) is 4.74 Å². The van der Waals surface area contributed by atoms with Gasteiger partial charge in [-0.05, 0) is 24.5 Å². The molecule has 0 unspecified atom stereocenters. The van der Waals surface area contributed by atoms with Gasteiger partial charge in [-0.25, -0.2) is 0 Å². The van der Waals surface area contributed by atoms with Gasteiger partial charge in [-0.2, -0.15) is 0 Å². The smallest absolute Gasteiger partial charge is 0.215 e. The van der Waals surface area contributed by atoms with Crippen LogP contribution in [0.1, 0.15) is 23.0 Å². The minimum Gasteiger partial charge on any atom is -0.492 e. The molecular formula is C10H9N3O2S. The van der Waals surface area contributed by atoms with E-state index in [1.165, 1.54) is 6.20 Å². The molecule has 2 aromatic rings. The summed E-state index contributed by atoms with van der Waals surface area (Å²) in [5.41, 5.74) is 0.791. The first-order chi connectivity index (χ1) is 7.81. The fourth-order valence-electron chi connectivity index (χ4n) is 1.20. The van der Waals surface area contributed by atoms with Crippen LogP contribution >= 0.6 is 11.5 Å². The predicted octanol–water partition coefficient (Wildman–Crippen LogP) is 1.56. The summed E-state index contributed by atoms with van der Waals surface area (Å²) >= 11 is 1.14. The van der Waals surface area contributed by atoms with Crippen molar-refractivity contribution in [2.75, 3.05) is 6.61 Å².